The van der Waals surface area contributed by atoms with Gasteiger partial charge in [0.15, 0.2) is 0 Å². The SMILES string of the molecule is O=C([O-])c1cc(C(=O)[O-])[nH]n1.[Na+].[Na+]. The molecule has 0 aliphatic rings. The zero-order valence-corrected chi connectivity index (χ0v) is 11.2. The molecule has 0 aliphatic carbocycles. The quantitative estimate of drug-likeness (QED) is 0.477. The Hall–Kier alpha value is 0.150. The van der Waals surface area contributed by atoms with Crippen LogP contribution in [0.1, 0.15) is 21.0 Å². The molecule has 0 amide bonds. The van der Waals surface area contributed by atoms with Crippen LogP contribution in [0.5, 0.6) is 0 Å². The second kappa shape index (κ2) is 6.58. The molecule has 0 fully saturated rings. The van der Waals surface area contributed by atoms with E-state index >= 15 is 0 Å². The van der Waals surface area contributed by atoms with Crippen LogP contribution in [0.3, 0.4) is 0 Å². The number of aromatic carboxylic acids is 2. The van der Waals surface area contributed by atoms with Crippen molar-refractivity contribution < 1.29 is 78.9 Å². The summed E-state index contributed by atoms with van der Waals surface area (Å²) in [7, 11) is 0. The number of nitrogens with zero attached hydrogens (tertiary/aromatic N) is 1. The van der Waals surface area contributed by atoms with Gasteiger partial charge < -0.3 is 19.8 Å². The molecular weight excluding hydrogens is 198 g/mol. The average molecular weight is 200 g/mol. The molecule has 0 bridgehead atoms. The van der Waals surface area contributed by atoms with Gasteiger partial charge in [0.25, 0.3) is 0 Å². The van der Waals surface area contributed by atoms with Crippen molar-refractivity contribution in [3.8, 4) is 0 Å². The van der Waals surface area contributed by atoms with Crippen LogP contribution in [0.25, 0.3) is 0 Å². The molecule has 0 aromatic carbocycles. The Morgan fingerprint density at radius 3 is 2.00 bits per heavy atom. The van der Waals surface area contributed by atoms with E-state index in [9.17, 15) is 19.8 Å². The molecule has 0 spiro atoms. The van der Waals surface area contributed by atoms with E-state index in [1.807, 2.05) is 5.10 Å². The van der Waals surface area contributed by atoms with Gasteiger partial charge in [-0.3, -0.25) is 5.10 Å². The summed E-state index contributed by atoms with van der Waals surface area (Å²) in [4.78, 5) is 20.1. The third-order valence-corrected chi connectivity index (χ3v) is 1.01. The van der Waals surface area contributed by atoms with E-state index in [1.54, 1.807) is 0 Å². The number of rotatable bonds is 2. The Balaban J connectivity index is 0. The van der Waals surface area contributed by atoms with E-state index in [0.29, 0.717) is 0 Å². The summed E-state index contributed by atoms with van der Waals surface area (Å²) in [6.07, 6.45) is 0. The van der Waals surface area contributed by atoms with Crippen LogP contribution in [0, 0.1) is 0 Å². The summed E-state index contributed by atoms with van der Waals surface area (Å²) in [6.45, 7) is 0. The van der Waals surface area contributed by atoms with Crippen molar-refractivity contribution in [3.05, 3.63) is 17.5 Å². The molecule has 0 radical (unpaired) electrons. The molecule has 8 heteroatoms. The molecule has 1 aromatic heterocycles. The van der Waals surface area contributed by atoms with Gasteiger partial charge in [-0.2, -0.15) is 5.10 Å². The maximum absolute atomic E-state index is 10.0. The predicted molar refractivity (Wildman–Crippen MR) is 27.2 cm³/mol. The molecule has 1 aromatic rings. The fourth-order valence-corrected chi connectivity index (χ4v) is 0.531. The topological polar surface area (TPSA) is 109 Å². The zero-order chi connectivity index (χ0) is 8.43. The second-order valence-electron chi connectivity index (χ2n) is 1.74. The first-order chi connectivity index (χ1) is 5.11. The standard InChI is InChI=1S/C5H4N2O4.2Na/c8-4(9)2-1-3(5(10)11)7-6-2;;/h1H,(H,6,7)(H,8,9)(H,10,11);;/q;2*+1/p-2. The molecule has 6 nitrogen and oxygen atoms in total. The first kappa shape index (κ1) is 15.6. The number of carboxylic acids is 2. The van der Waals surface area contributed by atoms with E-state index in [-0.39, 0.29) is 64.8 Å². The second-order valence-corrected chi connectivity index (χ2v) is 1.74. The minimum atomic E-state index is -1.53. The van der Waals surface area contributed by atoms with Gasteiger partial charge in [-0.1, -0.05) is 0 Å². The minimum absolute atomic E-state index is 0. The predicted octanol–water partition coefficient (Wildman–Crippen LogP) is -8.86. The number of H-pyrrole nitrogens is 1. The normalized spacial score (nSPS) is 8.00. The summed E-state index contributed by atoms with van der Waals surface area (Å²) < 4.78 is 0. The summed E-state index contributed by atoms with van der Waals surface area (Å²) in [6, 6.07) is 0.824. The van der Waals surface area contributed by atoms with Crippen molar-refractivity contribution in [1.82, 2.24) is 10.2 Å². The van der Waals surface area contributed by atoms with Crippen LogP contribution in [0.4, 0.5) is 0 Å². The van der Waals surface area contributed by atoms with Gasteiger partial charge in [-0.05, 0) is 6.07 Å². The minimum Gasteiger partial charge on any atom is -0.543 e. The average Bonchev–Trinajstić information content (AvgIpc) is 2.33. The summed E-state index contributed by atoms with van der Waals surface area (Å²) in [5.41, 5.74) is -0.839. The van der Waals surface area contributed by atoms with Crippen molar-refractivity contribution >= 4 is 11.9 Å². The van der Waals surface area contributed by atoms with Crippen LogP contribution in [-0.2, 0) is 0 Å². The number of carboxylic acid groups (broad SMARTS) is 2. The van der Waals surface area contributed by atoms with Gasteiger partial charge in [0.2, 0.25) is 0 Å². The van der Waals surface area contributed by atoms with Crippen LogP contribution in [0.15, 0.2) is 6.07 Å². The smallest absolute Gasteiger partial charge is 0.543 e. The van der Waals surface area contributed by atoms with E-state index in [0.717, 1.165) is 6.07 Å². The van der Waals surface area contributed by atoms with E-state index in [2.05, 4.69) is 5.10 Å². The van der Waals surface area contributed by atoms with Crippen molar-refractivity contribution in [2.45, 2.75) is 0 Å². The first-order valence-corrected chi connectivity index (χ1v) is 2.59. The van der Waals surface area contributed by atoms with Crippen molar-refractivity contribution in [2.24, 2.45) is 0 Å². The number of carbonyl (C=O) groups is 2. The Morgan fingerprint density at radius 1 is 1.23 bits per heavy atom. The first-order valence-electron chi connectivity index (χ1n) is 2.59. The number of aromatic nitrogens is 2. The van der Waals surface area contributed by atoms with Crippen LogP contribution >= 0.6 is 0 Å². The maximum Gasteiger partial charge on any atom is 1.00 e. The molecule has 1 heterocycles. The third kappa shape index (κ3) is 4.26. The molecule has 13 heavy (non-hydrogen) atoms. The number of aromatic amines is 1. The maximum atomic E-state index is 10.0. The number of carbonyl (C=O) groups excluding carboxylic acids is 2. The van der Waals surface area contributed by atoms with Gasteiger partial charge in [0.05, 0.1) is 17.6 Å². The van der Waals surface area contributed by atoms with Gasteiger partial charge in [0.1, 0.15) is 5.69 Å². The van der Waals surface area contributed by atoms with E-state index in [4.69, 9.17) is 0 Å². The van der Waals surface area contributed by atoms with Crippen LogP contribution < -0.4 is 69.3 Å². The monoisotopic (exact) mass is 200 g/mol. The largest absolute Gasteiger partial charge is 1.00 e. The molecule has 0 atom stereocenters. The molecule has 1 N–H and O–H groups in total. The Bertz CT molecular complexity index is 283. The summed E-state index contributed by atoms with van der Waals surface area (Å²) in [5, 5.41) is 25.2. The molecule has 0 unspecified atom stereocenters. The van der Waals surface area contributed by atoms with E-state index < -0.39 is 17.6 Å². The number of hydrogen-bond donors (Lipinski definition) is 1. The van der Waals surface area contributed by atoms with Gasteiger partial charge >= 0.3 is 59.1 Å². The van der Waals surface area contributed by atoms with E-state index in [1.165, 1.54) is 0 Å². The zero-order valence-electron chi connectivity index (χ0n) is 7.16. The number of hydrogen-bond acceptors (Lipinski definition) is 5. The fourth-order valence-electron chi connectivity index (χ4n) is 0.531. The Labute approximate surface area is 117 Å². The molecule has 0 aliphatic heterocycles. The molecule has 0 saturated carbocycles. The van der Waals surface area contributed by atoms with Gasteiger partial charge in [-0.15, -0.1) is 0 Å². The van der Waals surface area contributed by atoms with Crippen LogP contribution in [0.2, 0.25) is 0 Å². The Kier molecular flexibility index (Phi) is 7.90. The van der Waals surface area contributed by atoms with Crippen molar-refractivity contribution in [3.63, 3.8) is 0 Å². The van der Waals surface area contributed by atoms with Gasteiger partial charge in [0, 0.05) is 0 Å². The summed E-state index contributed by atoms with van der Waals surface area (Å²) in [5.74, 6) is -3.04. The van der Waals surface area contributed by atoms with Crippen molar-refractivity contribution in [1.29, 1.82) is 0 Å². The van der Waals surface area contributed by atoms with Gasteiger partial charge in [-0.25, -0.2) is 0 Å². The molecular formula is C5H2N2Na2O4. The van der Waals surface area contributed by atoms with Crippen LogP contribution in [-0.4, -0.2) is 22.1 Å². The number of nitrogens with one attached hydrogen (secondary N) is 1. The Morgan fingerprint density at radius 2 is 1.77 bits per heavy atom. The van der Waals surface area contributed by atoms with Crippen molar-refractivity contribution in [2.75, 3.05) is 0 Å². The molecule has 0 saturated heterocycles. The fraction of sp³-hybridized carbons (Fsp3) is 0. The molecule has 1 rings (SSSR count). The summed E-state index contributed by atoms with van der Waals surface area (Å²) >= 11 is 0. The third-order valence-electron chi connectivity index (χ3n) is 1.01. The molecule has 58 valence electrons.